The molecule has 0 aromatic heterocycles. The molecule has 2 unspecified atom stereocenters. The molecule has 1 aromatic rings. The first-order chi connectivity index (χ1) is 10.8. The van der Waals surface area contributed by atoms with Gasteiger partial charge in [-0.2, -0.15) is 0 Å². The molecule has 2 aliphatic rings. The molecular formula is C16H20ClF3N2O2. The smallest absolute Gasteiger partial charge is 0.406 e. The highest BCUT2D eigenvalue weighted by atomic mass is 35.5. The lowest BCUT2D eigenvalue weighted by Crippen LogP contribution is -2.48. The SMILES string of the molecule is CN(C(=O)c1cccc(OC(F)(F)F)c1)C1CC2CCC(C1)N2.Cl. The summed E-state index contributed by atoms with van der Waals surface area (Å²) in [7, 11) is 1.72. The topological polar surface area (TPSA) is 41.6 Å². The second-order valence-corrected chi connectivity index (χ2v) is 6.25. The van der Waals surface area contributed by atoms with Crippen LogP contribution in [0.15, 0.2) is 24.3 Å². The molecule has 0 spiro atoms. The highest BCUT2D eigenvalue weighted by Gasteiger charge is 2.36. The number of nitrogens with zero attached hydrogens (tertiary/aromatic N) is 1. The Kier molecular flexibility index (Phi) is 5.65. The van der Waals surface area contributed by atoms with Gasteiger partial charge in [-0.05, 0) is 43.9 Å². The monoisotopic (exact) mass is 364 g/mol. The molecule has 1 aromatic carbocycles. The van der Waals surface area contributed by atoms with Crippen LogP contribution in [0.2, 0.25) is 0 Å². The van der Waals surface area contributed by atoms with E-state index in [1.165, 1.54) is 18.2 Å². The van der Waals surface area contributed by atoms with E-state index in [0.29, 0.717) is 12.1 Å². The quantitative estimate of drug-likeness (QED) is 0.894. The molecule has 1 amide bonds. The van der Waals surface area contributed by atoms with Gasteiger partial charge in [0.2, 0.25) is 0 Å². The number of rotatable bonds is 3. The first-order valence-corrected chi connectivity index (χ1v) is 7.71. The highest BCUT2D eigenvalue weighted by molar-refractivity contribution is 5.94. The number of piperidine rings is 1. The van der Waals surface area contributed by atoms with Crippen molar-refractivity contribution in [2.45, 2.75) is 50.2 Å². The number of hydrogen-bond donors (Lipinski definition) is 1. The molecular weight excluding hydrogens is 345 g/mol. The van der Waals surface area contributed by atoms with Gasteiger partial charge in [0.15, 0.2) is 0 Å². The predicted molar refractivity (Wildman–Crippen MR) is 85.4 cm³/mol. The van der Waals surface area contributed by atoms with Crippen molar-refractivity contribution in [3.8, 4) is 5.75 Å². The largest absolute Gasteiger partial charge is 0.573 e. The van der Waals surface area contributed by atoms with Crippen molar-refractivity contribution >= 4 is 18.3 Å². The molecule has 2 heterocycles. The Labute approximate surface area is 144 Å². The molecule has 24 heavy (non-hydrogen) atoms. The molecule has 8 heteroatoms. The van der Waals surface area contributed by atoms with Gasteiger partial charge in [0, 0.05) is 30.7 Å². The van der Waals surface area contributed by atoms with E-state index in [0.717, 1.165) is 31.7 Å². The number of hydrogen-bond acceptors (Lipinski definition) is 3. The minimum Gasteiger partial charge on any atom is -0.406 e. The molecule has 0 saturated carbocycles. The van der Waals surface area contributed by atoms with E-state index in [-0.39, 0.29) is 35.7 Å². The first kappa shape index (κ1) is 18.9. The first-order valence-electron chi connectivity index (χ1n) is 7.71. The van der Waals surface area contributed by atoms with E-state index < -0.39 is 6.36 Å². The Morgan fingerprint density at radius 1 is 1.25 bits per heavy atom. The van der Waals surface area contributed by atoms with E-state index >= 15 is 0 Å². The highest BCUT2D eigenvalue weighted by Crippen LogP contribution is 2.30. The second-order valence-electron chi connectivity index (χ2n) is 6.25. The lowest BCUT2D eigenvalue weighted by Gasteiger charge is -2.35. The summed E-state index contributed by atoms with van der Waals surface area (Å²) in [5.74, 6) is -0.647. The zero-order chi connectivity index (χ0) is 16.6. The summed E-state index contributed by atoms with van der Waals surface area (Å²) in [6.07, 6.45) is -0.743. The molecule has 2 aliphatic heterocycles. The molecule has 0 radical (unpaired) electrons. The van der Waals surface area contributed by atoms with Crippen molar-refractivity contribution in [3.05, 3.63) is 29.8 Å². The average Bonchev–Trinajstić information content (AvgIpc) is 2.82. The van der Waals surface area contributed by atoms with E-state index in [1.807, 2.05) is 0 Å². The van der Waals surface area contributed by atoms with E-state index in [4.69, 9.17) is 0 Å². The average molecular weight is 365 g/mol. The number of carbonyl (C=O) groups excluding carboxylic acids is 1. The molecule has 0 aliphatic carbocycles. The van der Waals surface area contributed by atoms with Gasteiger partial charge in [-0.25, -0.2) is 0 Å². The van der Waals surface area contributed by atoms with Crippen molar-refractivity contribution in [2.24, 2.45) is 0 Å². The zero-order valence-electron chi connectivity index (χ0n) is 13.2. The van der Waals surface area contributed by atoms with E-state index in [9.17, 15) is 18.0 Å². The van der Waals surface area contributed by atoms with Crippen molar-refractivity contribution < 1.29 is 22.7 Å². The molecule has 2 bridgehead atoms. The number of alkyl halides is 3. The standard InChI is InChI=1S/C16H19F3N2O2.ClH/c1-21(13-8-11-5-6-12(9-13)20-11)15(22)10-3-2-4-14(7-10)23-16(17,18)19;/h2-4,7,11-13,20H,5-6,8-9H2,1H3;1H. The zero-order valence-corrected chi connectivity index (χ0v) is 14.0. The number of halogens is 4. The van der Waals surface area contributed by atoms with Crippen LogP contribution < -0.4 is 10.1 Å². The third-order valence-electron chi connectivity index (χ3n) is 4.63. The number of benzene rings is 1. The third-order valence-corrected chi connectivity index (χ3v) is 4.63. The minimum absolute atomic E-state index is 0. The van der Waals surface area contributed by atoms with Crippen molar-refractivity contribution in [1.29, 1.82) is 0 Å². The lowest BCUT2D eigenvalue weighted by atomic mass is 9.98. The van der Waals surface area contributed by atoms with Crippen LogP contribution in [0.3, 0.4) is 0 Å². The van der Waals surface area contributed by atoms with Gasteiger partial charge in [0.1, 0.15) is 5.75 Å². The van der Waals surface area contributed by atoms with Gasteiger partial charge in [0.05, 0.1) is 0 Å². The van der Waals surface area contributed by atoms with Crippen LogP contribution in [0.1, 0.15) is 36.0 Å². The number of fused-ring (bicyclic) bond motifs is 2. The van der Waals surface area contributed by atoms with Gasteiger partial charge < -0.3 is 15.0 Å². The van der Waals surface area contributed by atoms with Crippen LogP contribution in [0.25, 0.3) is 0 Å². The fourth-order valence-electron chi connectivity index (χ4n) is 3.54. The summed E-state index contributed by atoms with van der Waals surface area (Å²) in [6, 6.07) is 6.24. The Balaban J connectivity index is 0.00000208. The Hall–Kier alpha value is -1.47. The third kappa shape index (κ3) is 4.33. The Morgan fingerprint density at radius 2 is 1.88 bits per heavy atom. The maximum atomic E-state index is 12.6. The van der Waals surface area contributed by atoms with Crippen LogP contribution in [0, 0.1) is 0 Å². The van der Waals surface area contributed by atoms with Gasteiger partial charge >= 0.3 is 6.36 Å². The molecule has 3 rings (SSSR count). The maximum Gasteiger partial charge on any atom is 0.573 e. The maximum absolute atomic E-state index is 12.6. The molecule has 1 N–H and O–H groups in total. The number of nitrogens with one attached hydrogen (secondary N) is 1. The summed E-state index contributed by atoms with van der Waals surface area (Å²) in [4.78, 5) is 14.2. The molecule has 2 fully saturated rings. The van der Waals surface area contributed by atoms with Crippen molar-refractivity contribution in [3.63, 3.8) is 0 Å². The molecule has 2 saturated heterocycles. The summed E-state index contributed by atoms with van der Waals surface area (Å²) in [6.45, 7) is 0. The van der Waals surface area contributed by atoms with Crippen molar-refractivity contribution in [1.82, 2.24) is 10.2 Å². The van der Waals surface area contributed by atoms with Gasteiger partial charge in [-0.15, -0.1) is 25.6 Å². The Morgan fingerprint density at radius 3 is 2.46 bits per heavy atom. The molecule has 4 nitrogen and oxygen atoms in total. The Bertz CT molecular complexity index is 585. The van der Waals surface area contributed by atoms with Gasteiger partial charge in [0.25, 0.3) is 5.91 Å². The lowest BCUT2D eigenvalue weighted by molar-refractivity contribution is -0.274. The number of ether oxygens (including phenoxy) is 1. The molecule has 2 atom stereocenters. The van der Waals surface area contributed by atoms with Crippen molar-refractivity contribution in [2.75, 3.05) is 7.05 Å². The summed E-state index contributed by atoms with van der Waals surface area (Å²) in [5, 5.41) is 3.51. The van der Waals surface area contributed by atoms with E-state index in [2.05, 4.69) is 10.1 Å². The minimum atomic E-state index is -4.76. The van der Waals surface area contributed by atoms with Crippen LogP contribution in [-0.2, 0) is 0 Å². The summed E-state index contributed by atoms with van der Waals surface area (Å²) in [5.41, 5.74) is 0.208. The van der Waals surface area contributed by atoms with E-state index in [1.54, 1.807) is 11.9 Å². The van der Waals surface area contributed by atoms with Crippen LogP contribution in [0.4, 0.5) is 13.2 Å². The van der Waals surface area contributed by atoms with Crippen LogP contribution in [-0.4, -0.2) is 42.3 Å². The summed E-state index contributed by atoms with van der Waals surface area (Å²) < 4.78 is 40.8. The van der Waals surface area contributed by atoms with Gasteiger partial charge in [-0.1, -0.05) is 6.07 Å². The summed E-state index contributed by atoms with van der Waals surface area (Å²) >= 11 is 0. The molecule has 134 valence electrons. The van der Waals surface area contributed by atoms with Gasteiger partial charge in [-0.3, -0.25) is 4.79 Å². The predicted octanol–water partition coefficient (Wildman–Crippen LogP) is 3.36. The second kappa shape index (κ2) is 7.19. The number of amides is 1. The fraction of sp³-hybridized carbons (Fsp3) is 0.562. The van der Waals surface area contributed by atoms with Crippen LogP contribution in [0.5, 0.6) is 5.75 Å². The fourth-order valence-corrected chi connectivity index (χ4v) is 3.54. The normalized spacial score (nSPS) is 25.8. The van der Waals surface area contributed by atoms with Crippen LogP contribution >= 0.6 is 12.4 Å². The number of carbonyl (C=O) groups is 1.